The van der Waals surface area contributed by atoms with Crippen LogP contribution in [0, 0.1) is 3.57 Å². The maximum absolute atomic E-state index is 11.8. The summed E-state index contributed by atoms with van der Waals surface area (Å²) in [5.41, 5.74) is 0.901. The predicted molar refractivity (Wildman–Crippen MR) is 82.7 cm³/mol. The lowest BCUT2D eigenvalue weighted by Gasteiger charge is -2.11. The molecule has 1 aromatic rings. The zero-order valence-electron chi connectivity index (χ0n) is 10.7. The summed E-state index contributed by atoms with van der Waals surface area (Å²) >= 11 is 3.90. The summed E-state index contributed by atoms with van der Waals surface area (Å²) < 4.78 is 0.717. The van der Waals surface area contributed by atoms with Gasteiger partial charge >= 0.3 is 0 Å². The second-order valence-corrected chi connectivity index (χ2v) is 6.90. The van der Waals surface area contributed by atoms with Crippen molar-refractivity contribution in [3.8, 4) is 0 Å². The second kappa shape index (κ2) is 6.78. The molecule has 96 valence electrons. The molecule has 1 atom stereocenters. The Morgan fingerprint density at radius 1 is 1.41 bits per heavy atom. The predicted octanol–water partition coefficient (Wildman–Crippen LogP) is 3.53. The Labute approximate surface area is 120 Å². The Morgan fingerprint density at radius 3 is 2.59 bits per heavy atom. The van der Waals surface area contributed by atoms with E-state index in [1.54, 1.807) is 0 Å². The molecule has 1 aromatic heterocycles. The highest BCUT2D eigenvalue weighted by atomic mass is 127. The molecule has 5 heteroatoms. The molecule has 1 N–H and O–H groups in total. The highest BCUT2D eigenvalue weighted by molar-refractivity contribution is 14.1. The molecule has 0 saturated carbocycles. The quantitative estimate of drug-likeness (QED) is 0.811. The topological polar surface area (TPSA) is 45.8 Å². The monoisotopic (exact) mass is 366 g/mol. The number of H-pyrrole nitrogens is 1. The first-order chi connectivity index (χ1) is 7.95. The van der Waals surface area contributed by atoms with E-state index in [4.69, 9.17) is 0 Å². The number of rotatable bonds is 5. The molecule has 0 spiro atoms. The van der Waals surface area contributed by atoms with Gasteiger partial charge in [-0.05, 0) is 34.9 Å². The van der Waals surface area contributed by atoms with Gasteiger partial charge in [0, 0.05) is 5.25 Å². The zero-order valence-corrected chi connectivity index (χ0v) is 13.7. The number of hydrogen-bond acceptors (Lipinski definition) is 3. The van der Waals surface area contributed by atoms with E-state index < -0.39 is 0 Å². The van der Waals surface area contributed by atoms with Gasteiger partial charge in [0.15, 0.2) is 0 Å². The van der Waals surface area contributed by atoms with Gasteiger partial charge in [0.25, 0.3) is 5.56 Å². The fourth-order valence-corrected chi connectivity index (χ4v) is 3.01. The van der Waals surface area contributed by atoms with Gasteiger partial charge in [-0.2, -0.15) is 11.8 Å². The molecule has 3 nitrogen and oxygen atoms in total. The molecule has 0 aliphatic rings. The van der Waals surface area contributed by atoms with Crippen LogP contribution in [-0.2, 0) is 5.75 Å². The van der Waals surface area contributed by atoms with Crippen LogP contribution in [0.5, 0.6) is 0 Å². The van der Waals surface area contributed by atoms with Crippen molar-refractivity contribution >= 4 is 34.4 Å². The van der Waals surface area contributed by atoms with Crippen LogP contribution in [-0.4, -0.2) is 15.2 Å². The van der Waals surface area contributed by atoms with E-state index in [-0.39, 0.29) is 11.5 Å². The molecule has 0 aromatic carbocycles. The summed E-state index contributed by atoms with van der Waals surface area (Å²) in [6.07, 6.45) is 1.14. The third-order valence-electron chi connectivity index (χ3n) is 2.56. The smallest absolute Gasteiger partial charge is 0.264 e. The van der Waals surface area contributed by atoms with Gasteiger partial charge in [-0.3, -0.25) is 4.79 Å². The van der Waals surface area contributed by atoms with E-state index in [2.05, 4.69) is 60.3 Å². The summed E-state index contributed by atoms with van der Waals surface area (Å²) in [5, 5.41) is 0.599. The van der Waals surface area contributed by atoms with Gasteiger partial charge in [0.1, 0.15) is 5.82 Å². The number of halogens is 1. The van der Waals surface area contributed by atoms with Crippen LogP contribution in [0.4, 0.5) is 0 Å². The van der Waals surface area contributed by atoms with E-state index in [1.165, 1.54) is 0 Å². The van der Waals surface area contributed by atoms with Gasteiger partial charge in [-0.25, -0.2) is 4.98 Å². The first-order valence-corrected chi connectivity index (χ1v) is 7.98. The second-order valence-electron chi connectivity index (χ2n) is 4.40. The van der Waals surface area contributed by atoms with Crippen molar-refractivity contribution in [1.29, 1.82) is 0 Å². The van der Waals surface area contributed by atoms with Crippen LogP contribution >= 0.6 is 34.4 Å². The number of hydrogen-bond donors (Lipinski definition) is 1. The molecule has 1 rings (SSSR count). The van der Waals surface area contributed by atoms with Crippen molar-refractivity contribution in [3.05, 3.63) is 25.4 Å². The van der Waals surface area contributed by atoms with Crippen LogP contribution in [0.25, 0.3) is 0 Å². The molecule has 0 fully saturated rings. The third-order valence-corrected chi connectivity index (χ3v) is 4.95. The summed E-state index contributed by atoms with van der Waals surface area (Å²) in [6.45, 7) is 8.49. The summed E-state index contributed by atoms with van der Waals surface area (Å²) in [6, 6.07) is 0. The van der Waals surface area contributed by atoms with Crippen LogP contribution < -0.4 is 5.56 Å². The average molecular weight is 366 g/mol. The molecule has 1 heterocycles. The van der Waals surface area contributed by atoms with E-state index in [0.717, 1.165) is 27.3 Å². The molecule has 0 radical (unpaired) electrons. The summed E-state index contributed by atoms with van der Waals surface area (Å²) in [5.74, 6) is 1.86. The first kappa shape index (κ1) is 15.0. The Hall–Kier alpha value is -0.0400. The fourth-order valence-electron chi connectivity index (χ4n) is 1.31. The van der Waals surface area contributed by atoms with Crippen LogP contribution in [0.3, 0.4) is 0 Å². The summed E-state index contributed by atoms with van der Waals surface area (Å²) in [7, 11) is 0. The lowest BCUT2D eigenvalue weighted by atomic mass is 10.1. The van der Waals surface area contributed by atoms with Gasteiger partial charge in [-0.15, -0.1) is 0 Å². The molecule has 0 aliphatic carbocycles. The first-order valence-electron chi connectivity index (χ1n) is 5.85. The third kappa shape index (κ3) is 4.28. The minimum Gasteiger partial charge on any atom is -0.309 e. The Bertz CT molecular complexity index is 431. The molecule has 0 saturated heterocycles. The van der Waals surface area contributed by atoms with E-state index >= 15 is 0 Å². The molecule has 0 bridgehead atoms. The number of aromatic amines is 1. The molecule has 0 amide bonds. The maximum Gasteiger partial charge on any atom is 0.264 e. The maximum atomic E-state index is 11.8. The standard InChI is InChI=1S/C12H19IN2OS/c1-5-8(4)17-6-9-14-11(7(2)3)10(13)12(16)15-9/h7-8H,5-6H2,1-4H3,(H,14,15,16). The number of aromatic nitrogens is 2. The molecular weight excluding hydrogens is 347 g/mol. The van der Waals surface area contributed by atoms with Crippen LogP contribution in [0.1, 0.15) is 51.6 Å². The summed E-state index contributed by atoms with van der Waals surface area (Å²) in [4.78, 5) is 19.2. The SMILES string of the molecule is CCC(C)SCc1nc(C(C)C)c(I)c(=O)[nH]1. The normalized spacial score (nSPS) is 13.1. The van der Waals surface area contributed by atoms with Crippen molar-refractivity contribution < 1.29 is 0 Å². The van der Waals surface area contributed by atoms with Crippen LogP contribution in [0.15, 0.2) is 4.79 Å². The Balaban J connectivity index is 2.91. The van der Waals surface area contributed by atoms with E-state index in [1.807, 2.05) is 11.8 Å². The molecular formula is C12H19IN2OS. The number of nitrogens with one attached hydrogen (secondary N) is 1. The lowest BCUT2D eigenvalue weighted by Crippen LogP contribution is -2.18. The van der Waals surface area contributed by atoms with Gasteiger partial charge in [0.2, 0.25) is 0 Å². The van der Waals surface area contributed by atoms with Crippen molar-refractivity contribution in [1.82, 2.24) is 9.97 Å². The van der Waals surface area contributed by atoms with E-state index in [9.17, 15) is 4.79 Å². The lowest BCUT2D eigenvalue weighted by molar-refractivity contribution is 0.782. The van der Waals surface area contributed by atoms with Crippen molar-refractivity contribution in [3.63, 3.8) is 0 Å². The minimum absolute atomic E-state index is 0.0101. The zero-order chi connectivity index (χ0) is 13.0. The molecule has 1 unspecified atom stereocenters. The van der Waals surface area contributed by atoms with Crippen molar-refractivity contribution in [2.75, 3.05) is 0 Å². The molecule has 0 aliphatic heterocycles. The average Bonchev–Trinajstić information content (AvgIpc) is 2.29. The van der Waals surface area contributed by atoms with E-state index in [0.29, 0.717) is 5.25 Å². The highest BCUT2D eigenvalue weighted by Gasteiger charge is 2.12. The van der Waals surface area contributed by atoms with Crippen molar-refractivity contribution in [2.24, 2.45) is 0 Å². The minimum atomic E-state index is -0.0101. The van der Waals surface area contributed by atoms with Crippen molar-refractivity contribution in [2.45, 2.75) is 51.0 Å². The molecule has 17 heavy (non-hydrogen) atoms. The Kier molecular flexibility index (Phi) is 5.99. The largest absolute Gasteiger partial charge is 0.309 e. The Morgan fingerprint density at radius 2 is 2.06 bits per heavy atom. The van der Waals surface area contributed by atoms with Gasteiger partial charge < -0.3 is 4.98 Å². The van der Waals surface area contributed by atoms with Gasteiger partial charge in [-0.1, -0.05) is 27.7 Å². The fraction of sp³-hybridized carbons (Fsp3) is 0.667. The number of thioether (sulfide) groups is 1. The van der Waals surface area contributed by atoms with Gasteiger partial charge in [0.05, 0.1) is 15.0 Å². The van der Waals surface area contributed by atoms with Crippen LogP contribution in [0.2, 0.25) is 0 Å². The number of nitrogens with zero attached hydrogens (tertiary/aromatic N) is 1. The highest BCUT2D eigenvalue weighted by Crippen LogP contribution is 2.20.